The second kappa shape index (κ2) is 9.80. The summed E-state index contributed by atoms with van der Waals surface area (Å²) in [7, 11) is 0. The molecule has 0 aliphatic carbocycles. The smallest absolute Gasteiger partial charge is 0.328 e. The van der Waals surface area contributed by atoms with Crippen molar-refractivity contribution in [3.63, 3.8) is 0 Å². The summed E-state index contributed by atoms with van der Waals surface area (Å²) in [5.41, 5.74) is 0. The summed E-state index contributed by atoms with van der Waals surface area (Å²) in [5.74, 6) is 1.46. The van der Waals surface area contributed by atoms with E-state index in [1.807, 2.05) is 0 Å². The average molecular weight is 301 g/mol. The molecule has 0 aromatic carbocycles. The summed E-state index contributed by atoms with van der Waals surface area (Å²) in [6.45, 7) is 2.70. The largest absolute Gasteiger partial charge is 0.464 e. The Morgan fingerprint density at radius 2 is 2.30 bits per heavy atom. The lowest BCUT2D eigenvalue weighted by Crippen LogP contribution is -2.49. The Balaban J connectivity index is 2.38. The average Bonchev–Trinajstić information content (AvgIpc) is 2.44. The first-order valence-corrected chi connectivity index (χ1v) is 8.33. The maximum atomic E-state index is 11.9. The summed E-state index contributed by atoms with van der Waals surface area (Å²) in [6.07, 6.45) is 4.34. The highest BCUT2D eigenvalue weighted by atomic mass is 32.2. The van der Waals surface area contributed by atoms with E-state index in [-0.39, 0.29) is 11.9 Å². The number of piperidine rings is 1. The molecule has 20 heavy (non-hydrogen) atoms. The number of hydrogen-bond donors (Lipinski definition) is 0. The number of ether oxygens (including phenoxy) is 1. The molecule has 1 fully saturated rings. The van der Waals surface area contributed by atoms with Gasteiger partial charge in [-0.3, -0.25) is 4.79 Å². The van der Waals surface area contributed by atoms with Crippen LogP contribution in [0, 0.1) is 0 Å². The fourth-order valence-corrected chi connectivity index (χ4v) is 3.12. The number of rotatable bonds is 9. The van der Waals surface area contributed by atoms with Gasteiger partial charge in [-0.15, -0.1) is 0 Å². The van der Waals surface area contributed by atoms with Gasteiger partial charge in [0.05, 0.1) is 6.61 Å². The molecule has 0 aromatic rings. The molecule has 0 N–H and O–H groups in total. The Kier molecular flexibility index (Phi) is 8.34. The zero-order chi connectivity index (χ0) is 14.8. The lowest BCUT2D eigenvalue weighted by atomic mass is 10.0. The molecular weight excluding hydrogens is 278 g/mol. The van der Waals surface area contributed by atoms with E-state index in [1.54, 1.807) is 23.6 Å². The Morgan fingerprint density at radius 1 is 1.50 bits per heavy atom. The highest BCUT2D eigenvalue weighted by Crippen LogP contribution is 2.20. The van der Waals surface area contributed by atoms with Crippen LogP contribution in [0.5, 0.6) is 0 Å². The molecule has 1 atom stereocenters. The fourth-order valence-electron chi connectivity index (χ4n) is 2.22. The first-order valence-electron chi connectivity index (χ1n) is 7.18. The minimum Gasteiger partial charge on any atom is -0.464 e. The van der Waals surface area contributed by atoms with Gasteiger partial charge < -0.3 is 14.4 Å². The summed E-state index contributed by atoms with van der Waals surface area (Å²) in [5, 5.41) is 0. The predicted molar refractivity (Wildman–Crippen MR) is 78.6 cm³/mol. The molecule has 0 bridgehead atoms. The molecule has 0 radical (unpaired) electrons. The van der Waals surface area contributed by atoms with Gasteiger partial charge in [-0.2, -0.15) is 11.8 Å². The molecule has 0 aromatic heterocycles. The number of aldehydes is 1. The van der Waals surface area contributed by atoms with E-state index in [2.05, 4.69) is 0 Å². The van der Waals surface area contributed by atoms with Gasteiger partial charge in [0.2, 0.25) is 5.91 Å². The van der Waals surface area contributed by atoms with Crippen molar-refractivity contribution in [3.05, 3.63) is 0 Å². The van der Waals surface area contributed by atoms with Gasteiger partial charge in [0.15, 0.2) is 0 Å². The number of thioether (sulfide) groups is 1. The van der Waals surface area contributed by atoms with Gasteiger partial charge in [-0.1, -0.05) is 0 Å². The first-order chi connectivity index (χ1) is 9.70. The molecule has 1 heterocycles. The number of amides is 1. The van der Waals surface area contributed by atoms with Crippen molar-refractivity contribution >= 4 is 29.9 Å². The molecule has 6 heteroatoms. The SMILES string of the molecule is CCOC(=O)[C@H]1CCCC(=O)N1CCSCCCC=O. The third-order valence-electron chi connectivity index (χ3n) is 3.21. The van der Waals surface area contributed by atoms with Crippen molar-refractivity contribution < 1.29 is 19.1 Å². The number of nitrogens with zero attached hydrogens (tertiary/aromatic N) is 1. The second-order valence-corrected chi connectivity index (χ2v) is 5.89. The number of hydrogen-bond acceptors (Lipinski definition) is 5. The third-order valence-corrected chi connectivity index (χ3v) is 4.26. The van der Waals surface area contributed by atoms with Crippen LogP contribution in [0.3, 0.4) is 0 Å². The van der Waals surface area contributed by atoms with Crippen molar-refractivity contribution in [2.24, 2.45) is 0 Å². The maximum absolute atomic E-state index is 11.9. The summed E-state index contributed by atoms with van der Waals surface area (Å²) in [6, 6.07) is -0.410. The van der Waals surface area contributed by atoms with Crippen molar-refractivity contribution in [2.45, 2.75) is 45.1 Å². The molecule has 1 saturated heterocycles. The standard InChI is InChI=1S/C14H23NO4S/c1-2-19-14(18)12-6-5-7-13(17)15(12)8-11-20-10-4-3-9-16/h9,12H,2-8,10-11H2,1H3/t12-/m1/s1. The predicted octanol–water partition coefficient (Wildman–Crippen LogP) is 1.64. The monoisotopic (exact) mass is 301 g/mol. The van der Waals surface area contributed by atoms with Crippen molar-refractivity contribution in [2.75, 3.05) is 24.7 Å². The minimum absolute atomic E-state index is 0.0443. The number of likely N-dealkylation sites (tertiary alicyclic amines) is 1. The lowest BCUT2D eigenvalue weighted by Gasteiger charge is -2.33. The van der Waals surface area contributed by atoms with E-state index in [0.29, 0.717) is 32.4 Å². The van der Waals surface area contributed by atoms with Crippen LogP contribution in [0.4, 0.5) is 0 Å². The summed E-state index contributed by atoms with van der Waals surface area (Å²) < 4.78 is 5.04. The van der Waals surface area contributed by atoms with Crippen molar-refractivity contribution in [1.82, 2.24) is 4.90 Å². The number of carbonyl (C=O) groups excluding carboxylic acids is 3. The molecule has 0 unspecified atom stereocenters. The normalized spacial score (nSPS) is 18.9. The van der Waals surface area contributed by atoms with Crippen molar-refractivity contribution in [1.29, 1.82) is 0 Å². The Morgan fingerprint density at radius 3 is 3.00 bits per heavy atom. The first kappa shape index (κ1) is 17.0. The zero-order valence-corrected chi connectivity index (χ0v) is 12.8. The van der Waals surface area contributed by atoms with Crippen LogP contribution in [0.25, 0.3) is 0 Å². The Labute approximate surface area is 124 Å². The lowest BCUT2D eigenvalue weighted by molar-refractivity contribution is -0.157. The van der Waals surface area contributed by atoms with E-state index in [9.17, 15) is 14.4 Å². The molecule has 1 amide bonds. The molecule has 1 aliphatic rings. The zero-order valence-electron chi connectivity index (χ0n) is 12.0. The van der Waals surface area contributed by atoms with Crippen LogP contribution >= 0.6 is 11.8 Å². The van der Waals surface area contributed by atoms with E-state index in [0.717, 1.165) is 30.6 Å². The van der Waals surface area contributed by atoms with Gasteiger partial charge in [-0.05, 0) is 31.9 Å². The third kappa shape index (κ3) is 5.53. The Hall–Kier alpha value is -1.04. The van der Waals surface area contributed by atoms with Gasteiger partial charge >= 0.3 is 5.97 Å². The van der Waals surface area contributed by atoms with Gasteiger partial charge in [0.25, 0.3) is 0 Å². The number of esters is 1. The van der Waals surface area contributed by atoms with Crippen LogP contribution in [-0.2, 0) is 19.1 Å². The van der Waals surface area contributed by atoms with Crippen LogP contribution in [-0.4, -0.2) is 53.8 Å². The molecular formula is C14H23NO4S. The van der Waals surface area contributed by atoms with E-state index in [1.165, 1.54) is 0 Å². The van der Waals surface area contributed by atoms with Gasteiger partial charge in [-0.25, -0.2) is 4.79 Å². The van der Waals surface area contributed by atoms with E-state index in [4.69, 9.17) is 4.74 Å². The minimum atomic E-state index is -0.410. The van der Waals surface area contributed by atoms with Crippen LogP contribution < -0.4 is 0 Å². The van der Waals surface area contributed by atoms with Crippen LogP contribution in [0.2, 0.25) is 0 Å². The second-order valence-electron chi connectivity index (χ2n) is 4.67. The van der Waals surface area contributed by atoms with E-state index < -0.39 is 6.04 Å². The highest BCUT2D eigenvalue weighted by Gasteiger charge is 2.33. The molecule has 1 rings (SSSR count). The molecule has 0 saturated carbocycles. The van der Waals surface area contributed by atoms with Crippen molar-refractivity contribution in [3.8, 4) is 0 Å². The van der Waals surface area contributed by atoms with Gasteiger partial charge in [0, 0.05) is 25.1 Å². The van der Waals surface area contributed by atoms with E-state index >= 15 is 0 Å². The van der Waals surface area contributed by atoms with Gasteiger partial charge in [0.1, 0.15) is 12.3 Å². The Bertz CT molecular complexity index is 335. The number of carbonyl (C=O) groups is 3. The molecule has 0 spiro atoms. The number of unbranched alkanes of at least 4 members (excludes halogenated alkanes) is 1. The summed E-state index contributed by atoms with van der Waals surface area (Å²) in [4.78, 5) is 35.7. The summed E-state index contributed by atoms with van der Waals surface area (Å²) >= 11 is 1.71. The highest BCUT2D eigenvalue weighted by molar-refractivity contribution is 7.99. The molecule has 5 nitrogen and oxygen atoms in total. The maximum Gasteiger partial charge on any atom is 0.328 e. The molecule has 114 valence electrons. The van der Waals surface area contributed by atoms with Crippen LogP contribution in [0.1, 0.15) is 39.0 Å². The van der Waals surface area contributed by atoms with Crippen LogP contribution in [0.15, 0.2) is 0 Å². The molecule has 1 aliphatic heterocycles. The fraction of sp³-hybridized carbons (Fsp3) is 0.786. The quantitative estimate of drug-likeness (QED) is 0.368. The topological polar surface area (TPSA) is 63.7 Å².